The number of hydrogen-bond acceptors (Lipinski definition) is 3. The molecule has 0 aliphatic carbocycles. The molecular formula is C17H22ClFN4. The maximum atomic E-state index is 13.9. The van der Waals surface area contributed by atoms with E-state index in [0.29, 0.717) is 6.54 Å². The second-order valence-electron chi connectivity index (χ2n) is 5.98. The summed E-state index contributed by atoms with van der Waals surface area (Å²) in [5.41, 5.74) is 0.976. The number of likely N-dealkylation sites (N-methyl/N-ethyl adjacent to an activating group) is 1. The molecular weight excluding hydrogens is 315 g/mol. The van der Waals surface area contributed by atoms with Gasteiger partial charge in [-0.1, -0.05) is 24.6 Å². The third-order valence-electron chi connectivity index (χ3n) is 4.64. The Labute approximate surface area is 141 Å². The number of aryl methyl sites for hydroxylation is 1. The van der Waals surface area contributed by atoms with Crippen LogP contribution >= 0.6 is 11.6 Å². The van der Waals surface area contributed by atoms with Crippen molar-refractivity contribution in [1.29, 1.82) is 0 Å². The van der Waals surface area contributed by atoms with Crippen molar-refractivity contribution in [3.8, 4) is 0 Å². The number of nitrogens with zero attached hydrogens (tertiary/aromatic N) is 3. The van der Waals surface area contributed by atoms with E-state index in [1.54, 1.807) is 18.3 Å². The summed E-state index contributed by atoms with van der Waals surface area (Å²) in [6, 6.07) is 5.57. The quantitative estimate of drug-likeness (QED) is 0.910. The number of aromatic nitrogens is 2. The number of likely N-dealkylation sites (tertiary alicyclic amines) is 1. The van der Waals surface area contributed by atoms with Crippen molar-refractivity contribution in [2.24, 2.45) is 7.05 Å². The van der Waals surface area contributed by atoms with E-state index in [9.17, 15) is 4.39 Å². The van der Waals surface area contributed by atoms with Gasteiger partial charge in [0.2, 0.25) is 0 Å². The summed E-state index contributed by atoms with van der Waals surface area (Å²) < 4.78 is 15.9. The summed E-state index contributed by atoms with van der Waals surface area (Å²) in [5, 5.41) is 3.76. The Kier molecular flexibility index (Phi) is 4.99. The van der Waals surface area contributed by atoms with Crippen LogP contribution in [0, 0.1) is 5.82 Å². The Hall–Kier alpha value is -1.43. The van der Waals surface area contributed by atoms with Gasteiger partial charge in [0.1, 0.15) is 11.6 Å². The predicted octanol–water partition coefficient (Wildman–Crippen LogP) is 3.14. The lowest BCUT2D eigenvalue weighted by molar-refractivity contribution is 0.247. The lowest BCUT2D eigenvalue weighted by Gasteiger charge is -2.28. The van der Waals surface area contributed by atoms with Gasteiger partial charge < -0.3 is 9.88 Å². The van der Waals surface area contributed by atoms with Crippen LogP contribution in [0.25, 0.3) is 0 Å². The van der Waals surface area contributed by atoms with Gasteiger partial charge >= 0.3 is 0 Å². The lowest BCUT2D eigenvalue weighted by atomic mass is 10.00. The monoisotopic (exact) mass is 336 g/mol. The fourth-order valence-electron chi connectivity index (χ4n) is 3.35. The summed E-state index contributed by atoms with van der Waals surface area (Å²) in [6.07, 6.45) is 4.78. The SMILES string of the molecule is CCN1CCC(NCc2nccn2C)C1c1ccc(Cl)c(F)c1. The number of halogens is 2. The predicted molar refractivity (Wildman–Crippen MR) is 89.9 cm³/mol. The summed E-state index contributed by atoms with van der Waals surface area (Å²) in [4.78, 5) is 6.72. The Balaban J connectivity index is 1.78. The van der Waals surface area contributed by atoms with Crippen molar-refractivity contribution >= 4 is 11.6 Å². The molecule has 0 bridgehead atoms. The zero-order valence-electron chi connectivity index (χ0n) is 13.5. The molecule has 2 heterocycles. The van der Waals surface area contributed by atoms with Crippen molar-refractivity contribution in [2.75, 3.05) is 13.1 Å². The molecule has 1 fully saturated rings. The first-order chi connectivity index (χ1) is 11.1. The largest absolute Gasteiger partial charge is 0.337 e. The van der Waals surface area contributed by atoms with Crippen molar-refractivity contribution < 1.29 is 4.39 Å². The molecule has 0 saturated carbocycles. The molecule has 2 aromatic rings. The van der Waals surface area contributed by atoms with Gasteiger partial charge in [-0.25, -0.2) is 9.37 Å². The van der Waals surface area contributed by atoms with Crippen LogP contribution in [0.4, 0.5) is 4.39 Å². The van der Waals surface area contributed by atoms with Gasteiger partial charge in [0, 0.05) is 32.0 Å². The third kappa shape index (κ3) is 3.42. The average Bonchev–Trinajstić information content (AvgIpc) is 3.13. The van der Waals surface area contributed by atoms with Crippen LogP contribution in [0.3, 0.4) is 0 Å². The molecule has 0 spiro atoms. The smallest absolute Gasteiger partial charge is 0.142 e. The topological polar surface area (TPSA) is 33.1 Å². The molecule has 1 aromatic carbocycles. The van der Waals surface area contributed by atoms with Crippen LogP contribution in [0.1, 0.15) is 30.8 Å². The second-order valence-corrected chi connectivity index (χ2v) is 6.38. The first-order valence-electron chi connectivity index (χ1n) is 7.98. The van der Waals surface area contributed by atoms with Gasteiger partial charge in [0.05, 0.1) is 17.6 Å². The minimum atomic E-state index is -0.352. The minimum Gasteiger partial charge on any atom is -0.337 e. The van der Waals surface area contributed by atoms with E-state index >= 15 is 0 Å². The minimum absolute atomic E-state index is 0.159. The van der Waals surface area contributed by atoms with Crippen LogP contribution in [-0.2, 0) is 13.6 Å². The van der Waals surface area contributed by atoms with Crippen molar-refractivity contribution in [1.82, 2.24) is 19.8 Å². The molecule has 0 radical (unpaired) electrons. The van der Waals surface area contributed by atoms with E-state index < -0.39 is 0 Å². The number of imidazole rings is 1. The standard InChI is InChI=1S/C17H22ClFN4/c1-3-23-8-6-15(21-11-16-20-7-9-22(16)2)17(23)12-4-5-13(18)14(19)10-12/h4-5,7,9-10,15,17,21H,3,6,8,11H2,1-2H3. The average molecular weight is 337 g/mol. The fraction of sp³-hybridized carbons (Fsp3) is 0.471. The first kappa shape index (κ1) is 16.4. The van der Waals surface area contributed by atoms with E-state index in [4.69, 9.17) is 11.6 Å². The number of hydrogen-bond donors (Lipinski definition) is 1. The van der Waals surface area contributed by atoms with Crippen molar-refractivity contribution in [3.63, 3.8) is 0 Å². The first-order valence-corrected chi connectivity index (χ1v) is 8.36. The van der Waals surface area contributed by atoms with E-state index in [0.717, 1.165) is 30.9 Å². The maximum Gasteiger partial charge on any atom is 0.142 e. The highest BCUT2D eigenvalue weighted by Gasteiger charge is 2.34. The molecule has 1 aromatic heterocycles. The van der Waals surface area contributed by atoms with Crippen LogP contribution in [-0.4, -0.2) is 33.6 Å². The van der Waals surface area contributed by atoms with Gasteiger partial charge in [0.25, 0.3) is 0 Å². The molecule has 1 saturated heterocycles. The number of nitrogens with one attached hydrogen (secondary N) is 1. The normalized spacial score (nSPS) is 21.9. The lowest BCUT2D eigenvalue weighted by Crippen LogP contribution is -2.36. The van der Waals surface area contributed by atoms with Crippen molar-refractivity contribution in [3.05, 3.63) is 52.8 Å². The van der Waals surface area contributed by atoms with Crippen molar-refractivity contribution in [2.45, 2.75) is 32.0 Å². The van der Waals surface area contributed by atoms with Gasteiger partial charge in [-0.05, 0) is 30.7 Å². The molecule has 4 nitrogen and oxygen atoms in total. The molecule has 3 rings (SSSR count). The molecule has 0 amide bonds. The Morgan fingerprint density at radius 1 is 1.43 bits per heavy atom. The third-order valence-corrected chi connectivity index (χ3v) is 4.94. The molecule has 1 aliphatic rings. The highest BCUT2D eigenvalue weighted by Crippen LogP contribution is 2.33. The summed E-state index contributed by atoms with van der Waals surface area (Å²) in [7, 11) is 1.99. The number of benzene rings is 1. The molecule has 2 unspecified atom stereocenters. The van der Waals surface area contributed by atoms with Crippen LogP contribution in [0.2, 0.25) is 5.02 Å². The Morgan fingerprint density at radius 3 is 2.91 bits per heavy atom. The van der Waals surface area contributed by atoms with Crippen LogP contribution < -0.4 is 5.32 Å². The van der Waals surface area contributed by atoms with Gasteiger partial charge in [-0.2, -0.15) is 0 Å². The molecule has 1 aliphatic heterocycles. The van der Waals surface area contributed by atoms with Gasteiger partial charge in [-0.3, -0.25) is 4.90 Å². The zero-order chi connectivity index (χ0) is 16.4. The molecule has 23 heavy (non-hydrogen) atoms. The molecule has 124 valence electrons. The Morgan fingerprint density at radius 2 is 2.26 bits per heavy atom. The van der Waals surface area contributed by atoms with Crippen LogP contribution in [0.5, 0.6) is 0 Å². The maximum absolute atomic E-state index is 13.9. The highest BCUT2D eigenvalue weighted by atomic mass is 35.5. The molecule has 2 atom stereocenters. The Bertz CT molecular complexity index is 672. The summed E-state index contributed by atoms with van der Waals surface area (Å²) in [5.74, 6) is 0.649. The van der Waals surface area contributed by atoms with E-state index in [1.165, 1.54) is 0 Å². The van der Waals surface area contributed by atoms with E-state index in [1.807, 2.05) is 23.9 Å². The van der Waals surface area contributed by atoms with E-state index in [-0.39, 0.29) is 22.9 Å². The van der Waals surface area contributed by atoms with Gasteiger partial charge in [0.15, 0.2) is 0 Å². The van der Waals surface area contributed by atoms with Crippen LogP contribution in [0.15, 0.2) is 30.6 Å². The highest BCUT2D eigenvalue weighted by molar-refractivity contribution is 6.30. The fourth-order valence-corrected chi connectivity index (χ4v) is 3.47. The molecule has 6 heteroatoms. The van der Waals surface area contributed by atoms with Gasteiger partial charge in [-0.15, -0.1) is 0 Å². The second kappa shape index (κ2) is 6.99. The zero-order valence-corrected chi connectivity index (χ0v) is 14.2. The number of rotatable bonds is 5. The molecule has 1 N–H and O–H groups in total. The summed E-state index contributed by atoms with van der Waals surface area (Å²) in [6.45, 7) is 4.79. The van der Waals surface area contributed by atoms with E-state index in [2.05, 4.69) is 22.1 Å². The summed E-state index contributed by atoms with van der Waals surface area (Å²) >= 11 is 5.82.